The molecule has 2 aliphatic rings. The predicted molar refractivity (Wildman–Crippen MR) is 171 cm³/mol. The first-order valence-electron chi connectivity index (χ1n) is 15.0. The molecule has 1 saturated carbocycles. The smallest absolute Gasteiger partial charge is 0.407 e. The van der Waals surface area contributed by atoms with Crippen molar-refractivity contribution in [2.75, 3.05) is 13.1 Å². The van der Waals surface area contributed by atoms with Gasteiger partial charge < -0.3 is 14.6 Å². The number of aromatic nitrogens is 2. The molecule has 1 aromatic heterocycles. The molecule has 0 bridgehead atoms. The second-order valence-electron chi connectivity index (χ2n) is 11.8. The van der Waals surface area contributed by atoms with Crippen LogP contribution in [0.1, 0.15) is 41.5 Å². The highest BCUT2D eigenvalue weighted by Gasteiger charge is 2.51. The van der Waals surface area contributed by atoms with E-state index in [4.69, 9.17) is 4.98 Å². The third kappa shape index (κ3) is 4.54. The molecule has 1 aliphatic carbocycles. The summed E-state index contributed by atoms with van der Waals surface area (Å²) in [6.07, 6.45) is 6.96. The highest BCUT2D eigenvalue weighted by atomic mass is 16.4. The largest absolute Gasteiger partial charge is 0.465 e. The fourth-order valence-corrected chi connectivity index (χ4v) is 7.08. The van der Waals surface area contributed by atoms with E-state index >= 15 is 0 Å². The summed E-state index contributed by atoms with van der Waals surface area (Å²) in [7, 11) is 0. The first-order chi connectivity index (χ1) is 21.5. The number of ketones is 1. The lowest BCUT2D eigenvalue weighted by atomic mass is 9.59. The van der Waals surface area contributed by atoms with E-state index < -0.39 is 17.0 Å². The third-order valence-electron chi connectivity index (χ3n) is 9.40. The lowest BCUT2D eigenvalue weighted by Gasteiger charge is -2.47. The minimum atomic E-state index is -0.911. The summed E-state index contributed by atoms with van der Waals surface area (Å²) < 4.78 is 2.20. The number of likely N-dealkylation sites (tertiary alicyclic amines) is 1. The molecule has 1 N–H and O–H groups in total. The minimum Gasteiger partial charge on any atom is -0.465 e. The molecule has 0 atom stereocenters. The Morgan fingerprint density at radius 3 is 1.82 bits per heavy atom. The van der Waals surface area contributed by atoms with Crippen molar-refractivity contribution in [1.29, 1.82) is 0 Å². The molecule has 6 heteroatoms. The summed E-state index contributed by atoms with van der Waals surface area (Å²) in [5.41, 5.74) is 5.80. The Labute approximate surface area is 256 Å². The SMILES string of the molecule is O=C(O)N1CCC2(CC1)CC(=Cc1ccccc1-c1cn(C(c3ccccc3)(c3ccccc3)c3ccccc3)cn1)C2=O. The average molecular weight is 580 g/mol. The number of piperidine rings is 1. The zero-order valence-electron chi connectivity index (χ0n) is 24.3. The van der Waals surface area contributed by atoms with E-state index in [2.05, 4.69) is 89.6 Å². The molecule has 1 saturated heterocycles. The standard InChI is InChI=1S/C38H33N3O3/c42-35-29(25-37(35)20-22-40(23-21-37)36(43)44)24-28-12-10-11-19-33(28)34-26-41(27-39-34)38(30-13-4-1-5-14-30,31-15-6-2-7-16-31)32-17-8-3-9-18-32/h1-19,24,26-27H,20-23,25H2,(H,43,44). The summed E-state index contributed by atoms with van der Waals surface area (Å²) >= 11 is 0. The van der Waals surface area contributed by atoms with Crippen LogP contribution in [0.5, 0.6) is 0 Å². The van der Waals surface area contributed by atoms with Crippen LogP contribution in [0.2, 0.25) is 0 Å². The number of Topliss-reactive ketones (excluding diaryl/α,β-unsaturated/α-hetero) is 1. The van der Waals surface area contributed by atoms with Crippen molar-refractivity contribution < 1.29 is 14.7 Å². The molecule has 4 aromatic carbocycles. The molecular formula is C38H33N3O3. The zero-order chi connectivity index (χ0) is 30.1. The van der Waals surface area contributed by atoms with E-state index in [0.717, 1.165) is 39.1 Å². The van der Waals surface area contributed by atoms with Crippen LogP contribution in [0.4, 0.5) is 4.79 Å². The predicted octanol–water partition coefficient (Wildman–Crippen LogP) is 7.51. The van der Waals surface area contributed by atoms with E-state index in [1.165, 1.54) is 4.90 Å². The van der Waals surface area contributed by atoms with Gasteiger partial charge in [-0.25, -0.2) is 9.78 Å². The average Bonchev–Trinajstić information content (AvgIpc) is 3.57. The zero-order valence-corrected chi connectivity index (χ0v) is 24.3. The summed E-state index contributed by atoms with van der Waals surface area (Å²) in [6, 6.07) is 39.6. The van der Waals surface area contributed by atoms with Gasteiger partial charge in [0.15, 0.2) is 5.78 Å². The first-order valence-corrected chi connectivity index (χ1v) is 15.0. The lowest BCUT2D eigenvalue weighted by Crippen LogP contribution is -2.52. The van der Waals surface area contributed by atoms with Crippen LogP contribution in [0.3, 0.4) is 0 Å². The van der Waals surface area contributed by atoms with Crippen LogP contribution in [-0.4, -0.2) is 44.5 Å². The Hall–Kier alpha value is -5.23. The van der Waals surface area contributed by atoms with Gasteiger partial charge in [-0.3, -0.25) is 4.79 Å². The van der Waals surface area contributed by atoms with Gasteiger partial charge in [-0.15, -0.1) is 0 Å². The Bertz CT molecular complexity index is 1740. The van der Waals surface area contributed by atoms with Gasteiger partial charge in [0, 0.05) is 30.3 Å². The van der Waals surface area contributed by atoms with Gasteiger partial charge in [0.1, 0.15) is 5.54 Å². The van der Waals surface area contributed by atoms with Crippen molar-refractivity contribution in [3.05, 3.63) is 156 Å². The molecule has 0 unspecified atom stereocenters. The number of hydrogen-bond donors (Lipinski definition) is 1. The number of carbonyl (C=O) groups excluding carboxylic acids is 1. The summed E-state index contributed by atoms with van der Waals surface area (Å²) in [5, 5.41) is 9.32. The van der Waals surface area contributed by atoms with Gasteiger partial charge in [-0.1, -0.05) is 115 Å². The van der Waals surface area contributed by atoms with Crippen LogP contribution < -0.4 is 0 Å². The highest BCUT2D eigenvalue weighted by Crippen LogP contribution is 2.50. The molecule has 1 spiro atoms. The van der Waals surface area contributed by atoms with Gasteiger partial charge in [-0.05, 0) is 53.2 Å². The Morgan fingerprint density at radius 2 is 1.30 bits per heavy atom. The van der Waals surface area contributed by atoms with Crippen LogP contribution >= 0.6 is 0 Å². The van der Waals surface area contributed by atoms with Crippen LogP contribution in [-0.2, 0) is 10.3 Å². The number of amides is 1. The lowest BCUT2D eigenvalue weighted by molar-refractivity contribution is -0.133. The molecular weight excluding hydrogens is 546 g/mol. The maximum absolute atomic E-state index is 13.4. The van der Waals surface area contributed by atoms with E-state index in [-0.39, 0.29) is 5.78 Å². The maximum Gasteiger partial charge on any atom is 0.407 e. The van der Waals surface area contributed by atoms with Crippen molar-refractivity contribution in [2.24, 2.45) is 5.41 Å². The van der Waals surface area contributed by atoms with Crippen molar-refractivity contribution in [2.45, 2.75) is 24.8 Å². The van der Waals surface area contributed by atoms with Crippen molar-refractivity contribution in [3.8, 4) is 11.3 Å². The molecule has 7 rings (SSSR count). The fourth-order valence-electron chi connectivity index (χ4n) is 7.08. The number of rotatable bonds is 6. The number of hydrogen-bond acceptors (Lipinski definition) is 3. The molecule has 0 radical (unpaired) electrons. The number of carbonyl (C=O) groups is 2. The van der Waals surface area contributed by atoms with Gasteiger partial charge in [0.05, 0.1) is 12.0 Å². The van der Waals surface area contributed by atoms with Crippen LogP contribution in [0.15, 0.2) is 133 Å². The fraction of sp³-hybridized carbons (Fsp3) is 0.184. The molecule has 218 valence electrons. The second kappa shape index (κ2) is 11.1. The number of benzene rings is 4. The summed E-state index contributed by atoms with van der Waals surface area (Å²) in [4.78, 5) is 31.1. The second-order valence-corrected chi connectivity index (χ2v) is 11.8. The number of carboxylic acid groups (broad SMARTS) is 1. The Balaban J connectivity index is 1.28. The Morgan fingerprint density at radius 1 is 0.773 bits per heavy atom. The normalized spacial score (nSPS) is 17.0. The van der Waals surface area contributed by atoms with E-state index in [0.29, 0.717) is 32.4 Å². The van der Waals surface area contributed by atoms with Crippen molar-refractivity contribution in [3.63, 3.8) is 0 Å². The molecule has 44 heavy (non-hydrogen) atoms. The van der Waals surface area contributed by atoms with Gasteiger partial charge in [-0.2, -0.15) is 0 Å². The van der Waals surface area contributed by atoms with E-state index in [1.54, 1.807) is 0 Å². The summed E-state index contributed by atoms with van der Waals surface area (Å²) in [5.74, 6) is 0.152. The van der Waals surface area contributed by atoms with Gasteiger partial charge in [0.2, 0.25) is 0 Å². The molecule has 6 nitrogen and oxygen atoms in total. The quantitative estimate of drug-likeness (QED) is 0.167. The number of allylic oxidation sites excluding steroid dienone is 1. The molecule has 1 amide bonds. The van der Waals surface area contributed by atoms with Crippen molar-refractivity contribution in [1.82, 2.24) is 14.5 Å². The van der Waals surface area contributed by atoms with Crippen LogP contribution in [0.25, 0.3) is 17.3 Å². The topological polar surface area (TPSA) is 75.4 Å². The number of imidazole rings is 1. The summed E-state index contributed by atoms with van der Waals surface area (Å²) in [6.45, 7) is 0.822. The number of nitrogens with zero attached hydrogens (tertiary/aromatic N) is 3. The molecule has 1 aliphatic heterocycles. The van der Waals surface area contributed by atoms with Gasteiger partial charge >= 0.3 is 6.09 Å². The highest BCUT2D eigenvalue weighted by molar-refractivity contribution is 6.10. The monoisotopic (exact) mass is 579 g/mol. The van der Waals surface area contributed by atoms with E-state index in [9.17, 15) is 14.7 Å². The maximum atomic E-state index is 13.4. The van der Waals surface area contributed by atoms with Crippen LogP contribution in [0, 0.1) is 5.41 Å². The Kier molecular flexibility index (Phi) is 6.97. The molecule has 2 heterocycles. The molecule has 2 fully saturated rings. The van der Waals surface area contributed by atoms with Crippen molar-refractivity contribution >= 4 is 18.0 Å². The first kappa shape index (κ1) is 27.6. The third-order valence-corrected chi connectivity index (χ3v) is 9.40. The van der Waals surface area contributed by atoms with Gasteiger partial charge in [0.25, 0.3) is 0 Å². The minimum absolute atomic E-state index is 0.152. The van der Waals surface area contributed by atoms with E-state index in [1.807, 2.05) is 48.8 Å². The molecule has 5 aromatic rings.